The summed E-state index contributed by atoms with van der Waals surface area (Å²) in [5.74, 6) is 0. The Morgan fingerprint density at radius 1 is 0.315 bits per heavy atom. The molecular formula is C62H66O10S. The first kappa shape index (κ1) is 52.4. The summed E-state index contributed by atoms with van der Waals surface area (Å²) in [6.07, 6.45) is -4.64. The molecule has 10 unspecified atom stereocenters. The van der Waals surface area contributed by atoms with Gasteiger partial charge in [-0.05, 0) is 45.2 Å². The lowest BCUT2D eigenvalue weighted by molar-refractivity contribution is -0.360. The van der Waals surface area contributed by atoms with Gasteiger partial charge in [0.15, 0.2) is 6.29 Å². The van der Waals surface area contributed by atoms with Gasteiger partial charge in [0.2, 0.25) is 0 Å². The molecule has 2 heterocycles. The van der Waals surface area contributed by atoms with Gasteiger partial charge in [-0.25, -0.2) is 0 Å². The molecule has 2 saturated heterocycles. The zero-order valence-electron chi connectivity index (χ0n) is 41.3. The zero-order chi connectivity index (χ0) is 49.7. The number of hydrogen-bond donors (Lipinski definition) is 0. The van der Waals surface area contributed by atoms with E-state index in [1.54, 1.807) is 11.8 Å². The minimum atomic E-state index is -1.06. The fourth-order valence-electron chi connectivity index (χ4n) is 9.14. The van der Waals surface area contributed by atoms with Crippen LogP contribution in [0.15, 0.2) is 212 Å². The van der Waals surface area contributed by atoms with Crippen LogP contribution in [0.2, 0.25) is 0 Å². The Hall–Kier alpha value is -5.51. The third-order valence-electron chi connectivity index (χ3n) is 12.9. The van der Waals surface area contributed by atoms with E-state index in [9.17, 15) is 0 Å². The molecule has 11 heteroatoms. The SMILES string of the molecule is CSC1OC(COCc2ccccc2)C(OC2OC(COCc3ccccc3)C(OCc3ccccc3)C(OCc3ccccc3)C2OCc2ccccc2)C(OCc2ccccc2)C1OCc1ccccc1. The van der Waals surface area contributed by atoms with Gasteiger partial charge in [-0.15, -0.1) is 11.8 Å². The Labute approximate surface area is 434 Å². The second kappa shape index (κ2) is 28.2. The van der Waals surface area contributed by atoms with E-state index in [1.165, 1.54) is 0 Å². The van der Waals surface area contributed by atoms with E-state index >= 15 is 0 Å². The summed E-state index contributed by atoms with van der Waals surface area (Å²) in [6, 6.07) is 70.9. The van der Waals surface area contributed by atoms with Crippen molar-refractivity contribution in [3.8, 4) is 0 Å². The Kier molecular flexibility index (Phi) is 20.3. The molecule has 0 saturated carbocycles. The van der Waals surface area contributed by atoms with E-state index < -0.39 is 60.6 Å². The van der Waals surface area contributed by atoms with Crippen LogP contribution in [0.25, 0.3) is 0 Å². The normalized spacial score (nSPS) is 24.0. The highest BCUT2D eigenvalue weighted by atomic mass is 32.2. The fourth-order valence-corrected chi connectivity index (χ4v) is 9.90. The molecule has 10 atom stereocenters. The number of hydrogen-bond acceptors (Lipinski definition) is 11. The van der Waals surface area contributed by atoms with Crippen molar-refractivity contribution in [2.24, 2.45) is 0 Å². The van der Waals surface area contributed by atoms with Gasteiger partial charge in [0.1, 0.15) is 54.3 Å². The highest BCUT2D eigenvalue weighted by Crippen LogP contribution is 2.38. The minimum absolute atomic E-state index is 0.168. The van der Waals surface area contributed by atoms with Gasteiger partial charge in [-0.2, -0.15) is 0 Å². The summed E-state index contributed by atoms with van der Waals surface area (Å²) in [7, 11) is 0. The standard InChI is InChI=1S/C62H66O10S/c1-73-62-60(69-43-52-35-21-8-22-36-52)58(67-41-50-31-17-6-18-32-50)56(54(71-62)45-64-38-47-25-11-3-12-26-47)72-61-59(68-42-51-33-19-7-20-34-51)57(66-40-49-29-15-5-16-30-49)55(65-39-48-27-13-4-14-28-48)53(70-61)44-63-37-46-23-9-2-10-24-46/h2-36,53-62H,37-45H2,1H3. The van der Waals surface area contributed by atoms with Gasteiger partial charge in [0.25, 0.3) is 0 Å². The maximum Gasteiger partial charge on any atom is 0.187 e. The molecule has 7 aromatic rings. The van der Waals surface area contributed by atoms with Gasteiger partial charge in [0, 0.05) is 0 Å². The smallest absolute Gasteiger partial charge is 0.187 e. The first-order valence-corrected chi connectivity index (χ1v) is 26.5. The van der Waals surface area contributed by atoms with Crippen molar-refractivity contribution in [3.05, 3.63) is 251 Å². The van der Waals surface area contributed by atoms with Crippen LogP contribution in [-0.4, -0.2) is 80.0 Å². The van der Waals surface area contributed by atoms with E-state index in [1.807, 2.05) is 158 Å². The molecule has 0 N–H and O–H groups in total. The monoisotopic (exact) mass is 1000 g/mol. The van der Waals surface area contributed by atoms with Crippen LogP contribution >= 0.6 is 11.8 Å². The number of benzene rings is 7. The quantitative estimate of drug-likeness (QED) is 0.0519. The lowest BCUT2D eigenvalue weighted by Crippen LogP contribution is -2.66. The summed E-state index contributed by atoms with van der Waals surface area (Å²) in [5, 5.41) is 0. The highest BCUT2D eigenvalue weighted by molar-refractivity contribution is 7.99. The molecular weight excluding hydrogens is 937 g/mol. The molecule has 7 aromatic carbocycles. The highest BCUT2D eigenvalue weighted by Gasteiger charge is 2.54. The number of ether oxygens (including phenoxy) is 10. The molecule has 0 aliphatic carbocycles. The Bertz CT molecular complexity index is 2570. The average Bonchev–Trinajstić information content (AvgIpc) is 3.45. The van der Waals surface area contributed by atoms with E-state index in [-0.39, 0.29) is 26.4 Å². The maximum absolute atomic E-state index is 7.56. The van der Waals surface area contributed by atoms with Crippen molar-refractivity contribution in [1.29, 1.82) is 0 Å². The molecule has 2 aliphatic rings. The van der Waals surface area contributed by atoms with Crippen LogP contribution in [0.4, 0.5) is 0 Å². The lowest BCUT2D eigenvalue weighted by atomic mass is 9.96. The predicted octanol–water partition coefficient (Wildman–Crippen LogP) is 11.5. The second-order valence-electron chi connectivity index (χ2n) is 18.2. The third kappa shape index (κ3) is 15.5. The zero-order valence-corrected chi connectivity index (χ0v) is 42.2. The second-order valence-corrected chi connectivity index (χ2v) is 19.2. The molecule has 9 rings (SSSR count). The maximum atomic E-state index is 7.56. The van der Waals surface area contributed by atoms with Crippen LogP contribution in [0.3, 0.4) is 0 Å². The van der Waals surface area contributed by atoms with Gasteiger partial charge >= 0.3 is 0 Å². The first-order valence-electron chi connectivity index (χ1n) is 25.2. The van der Waals surface area contributed by atoms with E-state index in [0.29, 0.717) is 33.0 Å². The Morgan fingerprint density at radius 3 is 0.959 bits per heavy atom. The molecule has 0 amide bonds. The van der Waals surface area contributed by atoms with Crippen LogP contribution < -0.4 is 0 Å². The van der Waals surface area contributed by atoms with Gasteiger partial charge in [0.05, 0.1) is 59.5 Å². The van der Waals surface area contributed by atoms with E-state index in [4.69, 9.17) is 47.4 Å². The van der Waals surface area contributed by atoms with Crippen molar-refractivity contribution >= 4 is 11.8 Å². The fraction of sp³-hybridized carbons (Fsp3) is 0.323. The van der Waals surface area contributed by atoms with Crippen molar-refractivity contribution in [2.45, 2.75) is 107 Å². The number of rotatable bonds is 26. The summed E-state index contributed by atoms with van der Waals surface area (Å²) < 4.78 is 70.3. The van der Waals surface area contributed by atoms with Crippen LogP contribution in [0, 0.1) is 0 Å². The third-order valence-corrected chi connectivity index (χ3v) is 13.8. The van der Waals surface area contributed by atoms with Gasteiger partial charge in [-0.3, -0.25) is 0 Å². The average molecular weight is 1000 g/mol. The van der Waals surface area contributed by atoms with Crippen molar-refractivity contribution in [1.82, 2.24) is 0 Å². The summed E-state index contributed by atoms with van der Waals surface area (Å²) >= 11 is 1.57. The molecule has 380 valence electrons. The molecule has 10 nitrogen and oxygen atoms in total. The predicted molar refractivity (Wildman–Crippen MR) is 283 cm³/mol. The molecule has 0 spiro atoms. The first-order chi connectivity index (χ1) is 36.2. The van der Waals surface area contributed by atoms with Crippen LogP contribution in [-0.2, 0) is 93.6 Å². The molecule has 2 fully saturated rings. The summed E-state index contributed by atoms with van der Waals surface area (Å²) in [4.78, 5) is 0. The van der Waals surface area contributed by atoms with Crippen molar-refractivity contribution < 1.29 is 47.4 Å². The molecule has 0 bridgehead atoms. The largest absolute Gasteiger partial charge is 0.374 e. The van der Waals surface area contributed by atoms with Crippen LogP contribution in [0.5, 0.6) is 0 Å². The van der Waals surface area contributed by atoms with Crippen molar-refractivity contribution in [3.63, 3.8) is 0 Å². The molecule has 0 radical (unpaired) electrons. The van der Waals surface area contributed by atoms with Gasteiger partial charge in [-0.1, -0.05) is 212 Å². The Morgan fingerprint density at radius 2 is 0.603 bits per heavy atom. The number of thioether (sulfide) groups is 1. The lowest BCUT2D eigenvalue weighted by Gasteiger charge is -2.50. The summed E-state index contributed by atoms with van der Waals surface area (Å²) in [5.41, 5.74) is 6.66. The Balaban J connectivity index is 1.11. The molecule has 2 aliphatic heterocycles. The van der Waals surface area contributed by atoms with E-state index in [0.717, 1.165) is 38.9 Å². The molecule has 73 heavy (non-hydrogen) atoms. The van der Waals surface area contributed by atoms with Gasteiger partial charge < -0.3 is 47.4 Å². The summed E-state index contributed by atoms with van der Waals surface area (Å²) in [6.45, 7) is 2.55. The van der Waals surface area contributed by atoms with Crippen LogP contribution in [0.1, 0.15) is 38.9 Å². The molecule has 0 aromatic heterocycles. The topological polar surface area (TPSA) is 92.3 Å². The minimum Gasteiger partial charge on any atom is -0.374 e. The van der Waals surface area contributed by atoms with Crippen molar-refractivity contribution in [2.75, 3.05) is 19.5 Å². The van der Waals surface area contributed by atoms with E-state index in [2.05, 4.69) is 60.7 Å².